The van der Waals surface area contributed by atoms with E-state index in [1.54, 1.807) is 31.2 Å². The zero-order valence-corrected chi connectivity index (χ0v) is 16.9. The van der Waals surface area contributed by atoms with Crippen LogP contribution in [0.15, 0.2) is 55.1 Å². The van der Waals surface area contributed by atoms with E-state index < -0.39 is 16.7 Å². The van der Waals surface area contributed by atoms with Crippen LogP contribution in [0.25, 0.3) is 11.5 Å². The highest BCUT2D eigenvalue weighted by Crippen LogP contribution is 2.26. The van der Waals surface area contributed by atoms with Crippen LogP contribution in [0.4, 0.5) is 8.78 Å². The maximum absolute atomic E-state index is 14.3. The molecule has 2 aromatic carbocycles. The van der Waals surface area contributed by atoms with Gasteiger partial charge in [0.15, 0.2) is 5.76 Å². The Balaban J connectivity index is 0.000000785. The van der Waals surface area contributed by atoms with Gasteiger partial charge in [0.05, 0.1) is 11.3 Å². The molecule has 0 saturated heterocycles. The lowest BCUT2D eigenvalue weighted by molar-refractivity contribution is -0.742. The van der Waals surface area contributed by atoms with Gasteiger partial charge in [0.25, 0.3) is 5.09 Å². The van der Waals surface area contributed by atoms with E-state index in [2.05, 4.69) is 10.1 Å². The van der Waals surface area contributed by atoms with E-state index in [0.717, 1.165) is 6.07 Å². The van der Waals surface area contributed by atoms with E-state index in [-0.39, 0.29) is 24.5 Å². The predicted molar refractivity (Wildman–Crippen MR) is 107 cm³/mol. The first-order chi connectivity index (χ1) is 14.8. The maximum atomic E-state index is 14.3. The SMILES string of the molecule is C/C(=C(/OCCOc1ccc(Cl)cc1)c1ccc(F)cc1F)n1cncn1.O=[N+]([O-])O. The number of halogens is 3. The van der Waals surface area contributed by atoms with E-state index in [4.69, 9.17) is 36.4 Å². The second-order valence-electron chi connectivity index (χ2n) is 5.77. The topological polar surface area (TPSA) is 113 Å². The quantitative estimate of drug-likeness (QED) is 0.245. The van der Waals surface area contributed by atoms with Gasteiger partial charge in [-0.3, -0.25) is 0 Å². The van der Waals surface area contributed by atoms with Crippen LogP contribution in [0.5, 0.6) is 5.75 Å². The average Bonchev–Trinajstić information content (AvgIpc) is 3.24. The van der Waals surface area contributed by atoms with E-state index in [1.807, 2.05) is 0 Å². The van der Waals surface area contributed by atoms with Gasteiger partial charge in [-0.1, -0.05) is 11.6 Å². The minimum absolute atomic E-state index is 0.121. The first kappa shape index (κ1) is 23.5. The van der Waals surface area contributed by atoms with Gasteiger partial charge >= 0.3 is 0 Å². The van der Waals surface area contributed by atoms with Crippen LogP contribution in [0.2, 0.25) is 5.02 Å². The summed E-state index contributed by atoms with van der Waals surface area (Å²) in [5, 5.41) is 18.3. The molecule has 1 aromatic heterocycles. The van der Waals surface area contributed by atoms with Crippen molar-refractivity contribution in [1.82, 2.24) is 14.8 Å². The number of hydrogen-bond donors (Lipinski definition) is 1. The first-order valence-corrected chi connectivity index (χ1v) is 9.01. The molecule has 0 unspecified atom stereocenters. The lowest BCUT2D eigenvalue weighted by Crippen LogP contribution is -2.09. The Morgan fingerprint density at radius 1 is 1.23 bits per heavy atom. The highest BCUT2D eigenvalue weighted by molar-refractivity contribution is 6.30. The molecule has 31 heavy (non-hydrogen) atoms. The van der Waals surface area contributed by atoms with E-state index >= 15 is 0 Å². The third-order valence-corrected chi connectivity index (χ3v) is 3.93. The molecule has 0 radical (unpaired) electrons. The predicted octanol–water partition coefficient (Wildman–Crippen LogP) is 4.30. The number of hydrogen-bond acceptors (Lipinski definition) is 6. The van der Waals surface area contributed by atoms with Crippen molar-refractivity contribution in [1.29, 1.82) is 0 Å². The molecule has 0 aliphatic rings. The Hall–Kier alpha value is -3.73. The summed E-state index contributed by atoms with van der Waals surface area (Å²) < 4.78 is 40.3. The van der Waals surface area contributed by atoms with Crippen LogP contribution >= 0.6 is 11.6 Å². The molecular weight excluding hydrogens is 438 g/mol. The number of benzene rings is 2. The lowest BCUT2D eigenvalue weighted by atomic mass is 10.1. The van der Waals surface area contributed by atoms with Crippen molar-refractivity contribution in [3.63, 3.8) is 0 Å². The summed E-state index contributed by atoms with van der Waals surface area (Å²) in [6.45, 7) is 2.06. The minimum Gasteiger partial charge on any atom is -0.490 e. The van der Waals surface area contributed by atoms with Crippen molar-refractivity contribution < 1.29 is 28.5 Å². The van der Waals surface area contributed by atoms with Crippen molar-refractivity contribution in [2.24, 2.45) is 0 Å². The van der Waals surface area contributed by atoms with Crippen LogP contribution < -0.4 is 4.74 Å². The van der Waals surface area contributed by atoms with Gasteiger partial charge in [-0.25, -0.2) is 18.4 Å². The summed E-state index contributed by atoms with van der Waals surface area (Å²) in [6, 6.07) is 10.2. The monoisotopic (exact) mass is 454 g/mol. The average molecular weight is 455 g/mol. The van der Waals surface area contributed by atoms with Gasteiger partial charge in [-0.2, -0.15) is 5.10 Å². The van der Waals surface area contributed by atoms with Gasteiger partial charge < -0.3 is 14.7 Å². The third-order valence-electron chi connectivity index (χ3n) is 3.68. The highest BCUT2D eigenvalue weighted by Gasteiger charge is 2.15. The normalized spacial score (nSPS) is 11.1. The minimum atomic E-state index is -1.50. The Bertz CT molecular complexity index is 1030. The Labute approximate surface area is 180 Å². The summed E-state index contributed by atoms with van der Waals surface area (Å²) in [5.41, 5.74) is 0.625. The van der Waals surface area contributed by atoms with Crippen LogP contribution in [-0.4, -0.2) is 38.3 Å². The highest BCUT2D eigenvalue weighted by atomic mass is 35.5. The van der Waals surface area contributed by atoms with E-state index in [1.165, 1.54) is 29.5 Å². The van der Waals surface area contributed by atoms with Crippen molar-refractivity contribution in [2.45, 2.75) is 6.92 Å². The fourth-order valence-corrected chi connectivity index (χ4v) is 2.50. The smallest absolute Gasteiger partial charge is 0.291 e. The maximum Gasteiger partial charge on any atom is 0.291 e. The molecule has 0 bridgehead atoms. The molecule has 0 amide bonds. The van der Waals surface area contributed by atoms with E-state index in [0.29, 0.717) is 16.5 Å². The standard InChI is InChI=1S/C19H16ClF2N3O2.HNO3/c1-13(25-12-23-11-24-25)19(17-7-4-15(21)10-18(17)22)27-9-8-26-16-5-2-14(20)3-6-16;2-1(3)4/h2-7,10-12H,8-9H2,1H3;(H,2,3,4)/b19-13-;. The Morgan fingerprint density at radius 2 is 1.90 bits per heavy atom. The van der Waals surface area contributed by atoms with Crippen molar-refractivity contribution in [3.05, 3.63) is 87.5 Å². The molecular formula is C19H17ClF2N4O5. The van der Waals surface area contributed by atoms with Crippen molar-refractivity contribution in [3.8, 4) is 5.75 Å². The zero-order valence-electron chi connectivity index (χ0n) is 16.1. The molecule has 0 atom stereocenters. The second kappa shape index (κ2) is 11.5. The molecule has 3 aromatic rings. The fourth-order valence-electron chi connectivity index (χ4n) is 2.37. The number of rotatable bonds is 7. The summed E-state index contributed by atoms with van der Waals surface area (Å²) in [4.78, 5) is 12.2. The number of allylic oxidation sites excluding steroid dienone is 1. The molecule has 12 heteroatoms. The molecule has 0 fully saturated rings. The van der Waals surface area contributed by atoms with Gasteiger partial charge in [0.1, 0.15) is 43.3 Å². The molecule has 1 heterocycles. The summed E-state index contributed by atoms with van der Waals surface area (Å²) in [5.74, 6) is -0.546. The van der Waals surface area contributed by atoms with Crippen LogP contribution in [-0.2, 0) is 4.74 Å². The summed E-state index contributed by atoms with van der Waals surface area (Å²) in [6.07, 6.45) is 2.82. The zero-order chi connectivity index (χ0) is 22.8. The molecule has 0 spiro atoms. The van der Waals surface area contributed by atoms with Gasteiger partial charge in [-0.05, 0) is 43.3 Å². The van der Waals surface area contributed by atoms with Gasteiger partial charge in [0, 0.05) is 11.1 Å². The molecule has 3 rings (SSSR count). The molecule has 1 N–H and O–H groups in total. The number of aromatic nitrogens is 3. The van der Waals surface area contributed by atoms with Gasteiger partial charge in [-0.15, -0.1) is 10.1 Å². The molecule has 9 nitrogen and oxygen atoms in total. The molecule has 0 saturated carbocycles. The lowest BCUT2D eigenvalue weighted by Gasteiger charge is -2.15. The largest absolute Gasteiger partial charge is 0.490 e. The summed E-state index contributed by atoms with van der Waals surface area (Å²) in [7, 11) is 0. The Kier molecular flexibility index (Phi) is 8.70. The molecule has 0 aliphatic heterocycles. The first-order valence-electron chi connectivity index (χ1n) is 8.63. The van der Waals surface area contributed by atoms with Crippen LogP contribution in [0.3, 0.4) is 0 Å². The van der Waals surface area contributed by atoms with Gasteiger partial charge in [0.2, 0.25) is 0 Å². The van der Waals surface area contributed by atoms with E-state index in [9.17, 15) is 8.78 Å². The van der Waals surface area contributed by atoms with Crippen LogP contribution in [0.1, 0.15) is 12.5 Å². The Morgan fingerprint density at radius 3 is 2.48 bits per heavy atom. The number of ether oxygens (including phenoxy) is 2. The molecule has 164 valence electrons. The van der Waals surface area contributed by atoms with Crippen molar-refractivity contribution in [2.75, 3.05) is 13.2 Å². The summed E-state index contributed by atoms with van der Waals surface area (Å²) >= 11 is 5.83. The third kappa shape index (κ3) is 7.55. The van der Waals surface area contributed by atoms with Crippen molar-refractivity contribution >= 4 is 23.1 Å². The fraction of sp³-hybridized carbons (Fsp3) is 0.158. The van der Waals surface area contributed by atoms with Crippen LogP contribution in [0, 0.1) is 21.7 Å². The number of nitrogens with zero attached hydrogens (tertiary/aromatic N) is 4. The molecule has 0 aliphatic carbocycles. The second-order valence-corrected chi connectivity index (χ2v) is 6.20.